The molecule has 1 unspecified atom stereocenters. The summed E-state index contributed by atoms with van der Waals surface area (Å²) in [5.41, 5.74) is 0. The summed E-state index contributed by atoms with van der Waals surface area (Å²) in [6, 6.07) is 9.68. The van der Waals surface area contributed by atoms with Crippen molar-refractivity contribution in [1.82, 2.24) is 5.32 Å². The Morgan fingerprint density at radius 2 is 1.89 bits per heavy atom. The van der Waals surface area contributed by atoms with Crippen molar-refractivity contribution in [1.29, 1.82) is 5.26 Å². The van der Waals surface area contributed by atoms with E-state index in [1.807, 2.05) is 31.2 Å². The minimum atomic E-state index is -0.154. The lowest BCUT2D eigenvalue weighted by atomic mass is 10.2. The molecule has 1 aromatic rings. The number of para-hydroxylation sites is 2. The predicted molar refractivity (Wildman–Crippen MR) is 75.4 cm³/mol. The van der Waals surface area contributed by atoms with Gasteiger partial charge >= 0.3 is 0 Å². The summed E-state index contributed by atoms with van der Waals surface area (Å²) in [5, 5.41) is 12.2. The fraction of sp³-hybridized carbons (Fsp3) is 0.533. The molecule has 0 aliphatic rings. The maximum atomic E-state index is 9.00. The van der Waals surface area contributed by atoms with Crippen molar-refractivity contribution >= 4 is 0 Å². The van der Waals surface area contributed by atoms with E-state index in [0.29, 0.717) is 19.6 Å². The molecule has 0 amide bonds. The van der Waals surface area contributed by atoms with Crippen LogP contribution < -0.4 is 14.8 Å². The highest BCUT2D eigenvalue weighted by molar-refractivity contribution is 5.39. The maximum absolute atomic E-state index is 9.00. The number of benzene rings is 1. The Balaban J connectivity index is 2.42. The first-order chi connectivity index (χ1) is 9.31. The van der Waals surface area contributed by atoms with Gasteiger partial charge in [0.05, 0.1) is 25.3 Å². The molecule has 0 radical (unpaired) electrons. The SMILES string of the molecule is CCCNC(C#N)CCOc1ccccc1OCC. The topological polar surface area (TPSA) is 54.3 Å². The molecule has 1 atom stereocenters. The predicted octanol–water partition coefficient (Wildman–Crippen LogP) is 2.75. The molecule has 104 valence electrons. The van der Waals surface area contributed by atoms with Crippen molar-refractivity contribution in [2.24, 2.45) is 0 Å². The summed E-state index contributed by atoms with van der Waals surface area (Å²) >= 11 is 0. The molecule has 0 saturated heterocycles. The second kappa shape index (κ2) is 9.23. The normalized spacial score (nSPS) is 11.6. The lowest BCUT2D eigenvalue weighted by Gasteiger charge is -2.14. The van der Waals surface area contributed by atoms with Gasteiger partial charge in [-0.2, -0.15) is 5.26 Å². The second-order valence-corrected chi connectivity index (χ2v) is 4.15. The van der Waals surface area contributed by atoms with Crippen LogP contribution in [0.2, 0.25) is 0 Å². The van der Waals surface area contributed by atoms with Gasteiger partial charge in [0.25, 0.3) is 0 Å². The summed E-state index contributed by atoms with van der Waals surface area (Å²) in [7, 11) is 0. The van der Waals surface area contributed by atoms with E-state index in [9.17, 15) is 0 Å². The van der Waals surface area contributed by atoms with Crippen LogP contribution in [0.4, 0.5) is 0 Å². The summed E-state index contributed by atoms with van der Waals surface area (Å²) in [6.07, 6.45) is 1.68. The first-order valence-electron chi connectivity index (χ1n) is 6.79. The molecule has 0 saturated carbocycles. The Kier molecular flexibility index (Phi) is 7.45. The molecular formula is C15H22N2O2. The molecule has 1 rings (SSSR count). The van der Waals surface area contributed by atoms with Crippen LogP contribution in [0, 0.1) is 11.3 Å². The average molecular weight is 262 g/mol. The van der Waals surface area contributed by atoms with E-state index in [1.165, 1.54) is 0 Å². The van der Waals surface area contributed by atoms with Gasteiger partial charge < -0.3 is 14.8 Å². The highest BCUT2D eigenvalue weighted by Crippen LogP contribution is 2.26. The van der Waals surface area contributed by atoms with Gasteiger partial charge in [-0.15, -0.1) is 0 Å². The van der Waals surface area contributed by atoms with Crippen LogP contribution in [0.5, 0.6) is 11.5 Å². The minimum Gasteiger partial charge on any atom is -0.490 e. The molecule has 0 heterocycles. The molecule has 19 heavy (non-hydrogen) atoms. The Labute approximate surface area is 115 Å². The number of rotatable bonds is 9. The quantitative estimate of drug-likeness (QED) is 0.743. The summed E-state index contributed by atoms with van der Waals surface area (Å²) < 4.78 is 11.2. The van der Waals surface area contributed by atoms with E-state index in [2.05, 4.69) is 18.3 Å². The third-order valence-electron chi connectivity index (χ3n) is 2.61. The molecule has 0 aliphatic carbocycles. The molecule has 0 bridgehead atoms. The van der Waals surface area contributed by atoms with Gasteiger partial charge in [0.2, 0.25) is 0 Å². The zero-order valence-corrected chi connectivity index (χ0v) is 11.7. The van der Waals surface area contributed by atoms with Crippen LogP contribution in [-0.4, -0.2) is 25.8 Å². The first-order valence-corrected chi connectivity index (χ1v) is 6.79. The molecule has 0 spiro atoms. The van der Waals surface area contributed by atoms with Gasteiger partial charge in [-0.1, -0.05) is 19.1 Å². The molecular weight excluding hydrogens is 240 g/mol. The molecule has 0 fully saturated rings. The van der Waals surface area contributed by atoms with Crippen molar-refractivity contribution in [3.63, 3.8) is 0 Å². The van der Waals surface area contributed by atoms with Crippen LogP contribution in [-0.2, 0) is 0 Å². The van der Waals surface area contributed by atoms with E-state index < -0.39 is 0 Å². The van der Waals surface area contributed by atoms with Gasteiger partial charge in [0.15, 0.2) is 11.5 Å². The fourth-order valence-electron chi connectivity index (χ4n) is 1.66. The van der Waals surface area contributed by atoms with Crippen LogP contribution >= 0.6 is 0 Å². The number of nitriles is 1. The van der Waals surface area contributed by atoms with Gasteiger partial charge in [-0.3, -0.25) is 0 Å². The van der Waals surface area contributed by atoms with Gasteiger partial charge in [0.1, 0.15) is 0 Å². The van der Waals surface area contributed by atoms with Crippen molar-refractivity contribution in [2.45, 2.75) is 32.7 Å². The Hall–Kier alpha value is -1.73. The van der Waals surface area contributed by atoms with Crippen LogP contribution in [0.25, 0.3) is 0 Å². The summed E-state index contributed by atoms with van der Waals surface area (Å²) in [4.78, 5) is 0. The number of hydrogen-bond acceptors (Lipinski definition) is 4. The van der Waals surface area contributed by atoms with Gasteiger partial charge in [-0.25, -0.2) is 0 Å². The highest BCUT2D eigenvalue weighted by Gasteiger charge is 2.08. The molecule has 4 nitrogen and oxygen atoms in total. The standard InChI is InChI=1S/C15H22N2O2/c1-3-10-17-13(12-16)9-11-19-15-8-6-5-7-14(15)18-4-2/h5-8,13,17H,3-4,9-11H2,1-2H3. The number of hydrogen-bond donors (Lipinski definition) is 1. The smallest absolute Gasteiger partial charge is 0.161 e. The summed E-state index contributed by atoms with van der Waals surface area (Å²) in [6.45, 7) is 5.99. The van der Waals surface area contributed by atoms with Gasteiger partial charge in [0, 0.05) is 6.42 Å². The summed E-state index contributed by atoms with van der Waals surface area (Å²) in [5.74, 6) is 1.48. The van der Waals surface area contributed by atoms with Crippen molar-refractivity contribution in [2.75, 3.05) is 19.8 Å². The van der Waals surface area contributed by atoms with E-state index in [4.69, 9.17) is 14.7 Å². The Morgan fingerprint density at radius 1 is 1.21 bits per heavy atom. The molecule has 0 aliphatic heterocycles. The van der Waals surface area contributed by atoms with Crippen molar-refractivity contribution < 1.29 is 9.47 Å². The lowest BCUT2D eigenvalue weighted by Crippen LogP contribution is -2.29. The van der Waals surface area contributed by atoms with Gasteiger partial charge in [-0.05, 0) is 32.0 Å². The van der Waals surface area contributed by atoms with Crippen molar-refractivity contribution in [3.05, 3.63) is 24.3 Å². The lowest BCUT2D eigenvalue weighted by molar-refractivity contribution is 0.267. The van der Waals surface area contributed by atoms with E-state index in [-0.39, 0.29) is 6.04 Å². The second-order valence-electron chi connectivity index (χ2n) is 4.15. The highest BCUT2D eigenvalue weighted by atomic mass is 16.5. The Morgan fingerprint density at radius 3 is 2.47 bits per heavy atom. The number of ether oxygens (including phenoxy) is 2. The van der Waals surface area contributed by atoms with Crippen LogP contribution in [0.15, 0.2) is 24.3 Å². The van der Waals surface area contributed by atoms with E-state index in [1.54, 1.807) is 0 Å². The monoisotopic (exact) mass is 262 g/mol. The molecule has 4 heteroatoms. The minimum absolute atomic E-state index is 0.154. The van der Waals surface area contributed by atoms with Crippen LogP contribution in [0.3, 0.4) is 0 Å². The molecule has 1 aromatic carbocycles. The largest absolute Gasteiger partial charge is 0.490 e. The fourth-order valence-corrected chi connectivity index (χ4v) is 1.66. The van der Waals surface area contributed by atoms with Crippen LogP contribution in [0.1, 0.15) is 26.7 Å². The van der Waals surface area contributed by atoms with Crippen molar-refractivity contribution in [3.8, 4) is 17.6 Å². The maximum Gasteiger partial charge on any atom is 0.161 e. The molecule has 1 N–H and O–H groups in total. The first kappa shape index (κ1) is 15.3. The number of nitrogens with one attached hydrogen (secondary N) is 1. The van der Waals surface area contributed by atoms with E-state index >= 15 is 0 Å². The molecule has 0 aromatic heterocycles. The number of nitrogens with zero attached hydrogens (tertiary/aromatic N) is 1. The van der Waals surface area contributed by atoms with E-state index in [0.717, 1.165) is 24.5 Å². The third kappa shape index (κ3) is 5.62. The third-order valence-corrected chi connectivity index (χ3v) is 2.61. The zero-order chi connectivity index (χ0) is 13.9. The zero-order valence-electron chi connectivity index (χ0n) is 11.7. The average Bonchev–Trinajstić information content (AvgIpc) is 2.44. The Bertz CT molecular complexity index is 401.